The molecule has 0 bridgehead atoms. The highest BCUT2D eigenvalue weighted by atomic mass is 32.2. The number of amides is 3. The zero-order valence-electron chi connectivity index (χ0n) is 15.1. The number of carboxylic acid groups (broad SMARTS) is 1. The Morgan fingerprint density at radius 1 is 1.45 bits per heavy atom. The first-order valence-electron chi connectivity index (χ1n) is 8.24. The van der Waals surface area contributed by atoms with Gasteiger partial charge in [-0.3, -0.25) is 19.3 Å². The van der Waals surface area contributed by atoms with E-state index in [9.17, 15) is 32.3 Å². The van der Waals surface area contributed by atoms with Gasteiger partial charge in [0, 0.05) is 11.1 Å². The lowest BCUT2D eigenvalue weighted by atomic mass is 10.0. The van der Waals surface area contributed by atoms with Crippen LogP contribution in [0.5, 0.6) is 0 Å². The number of alkyl halides is 3. The summed E-state index contributed by atoms with van der Waals surface area (Å²) in [4.78, 5) is 55.8. The molecular formula is C15H12F3N5O6S2. The summed E-state index contributed by atoms with van der Waals surface area (Å²) in [6.45, 7) is -1.77. The quantitative estimate of drug-likeness (QED) is 0.209. The van der Waals surface area contributed by atoms with Gasteiger partial charge in [-0.1, -0.05) is 5.16 Å². The smallest absolute Gasteiger partial charge is 0.425 e. The van der Waals surface area contributed by atoms with Crippen LogP contribution in [0.4, 0.5) is 18.3 Å². The topological polar surface area (TPSA) is 150 Å². The summed E-state index contributed by atoms with van der Waals surface area (Å²) in [7, 11) is 0. The average Bonchev–Trinajstić information content (AvgIpc) is 3.16. The number of fused-ring (bicyclic) bond motifs is 1. The number of carbonyl (C=O) groups excluding carboxylic acids is 3. The van der Waals surface area contributed by atoms with Gasteiger partial charge in [0.05, 0.1) is 0 Å². The number of carbonyl (C=O) groups is 4. The Morgan fingerprint density at radius 2 is 2.19 bits per heavy atom. The molecule has 1 saturated heterocycles. The Labute approximate surface area is 179 Å². The summed E-state index contributed by atoms with van der Waals surface area (Å²) in [5, 5.41) is 17.5. The maximum atomic E-state index is 12.7. The van der Waals surface area contributed by atoms with Crippen molar-refractivity contribution < 1.29 is 42.3 Å². The van der Waals surface area contributed by atoms with Crippen LogP contribution in [0.3, 0.4) is 0 Å². The van der Waals surface area contributed by atoms with E-state index >= 15 is 0 Å². The Hall–Kier alpha value is -3.14. The monoisotopic (exact) mass is 479 g/mol. The molecule has 31 heavy (non-hydrogen) atoms. The molecule has 2 aliphatic heterocycles. The molecular weight excluding hydrogens is 467 g/mol. The number of aromatic nitrogens is 1. The lowest BCUT2D eigenvalue weighted by Gasteiger charge is -2.48. The molecule has 2 atom stereocenters. The number of hydrogen-bond acceptors (Lipinski definition) is 9. The molecule has 11 nitrogen and oxygen atoms in total. The standard InChI is InChI=1S/C15H12F3N5O6S2/c16-15(17,18)4-29-22-8(6-3-31-14(20-6)19-5-24)10(25)21-9-11(26)23-7(13(27)28)1-2-30-12(9)23/h1,3,5,9,12H,2,4H2,(H,21,25)(H,27,28)(H,19,20,24)/t9?,12-/m1/s1. The Balaban J connectivity index is 1.78. The van der Waals surface area contributed by atoms with Crippen LogP contribution in [-0.4, -0.2) is 74.8 Å². The highest BCUT2D eigenvalue weighted by Crippen LogP contribution is 2.37. The van der Waals surface area contributed by atoms with Crippen LogP contribution in [0, 0.1) is 0 Å². The molecule has 3 amide bonds. The third-order valence-electron chi connectivity index (χ3n) is 3.88. The van der Waals surface area contributed by atoms with Crippen molar-refractivity contribution in [3.05, 3.63) is 22.8 Å². The van der Waals surface area contributed by atoms with Crippen LogP contribution in [0.15, 0.2) is 22.3 Å². The number of hydrogen-bond donors (Lipinski definition) is 3. The molecule has 3 heterocycles. The maximum absolute atomic E-state index is 12.7. The number of thioether (sulfide) groups is 1. The minimum Gasteiger partial charge on any atom is -0.477 e. The van der Waals surface area contributed by atoms with E-state index in [1.165, 1.54) is 23.2 Å². The van der Waals surface area contributed by atoms with E-state index in [4.69, 9.17) is 5.11 Å². The number of thiazole rings is 1. The van der Waals surface area contributed by atoms with Crippen molar-refractivity contribution in [3.8, 4) is 0 Å². The number of nitrogens with one attached hydrogen (secondary N) is 2. The van der Waals surface area contributed by atoms with E-state index in [1.54, 1.807) is 0 Å². The highest BCUT2D eigenvalue weighted by molar-refractivity contribution is 8.00. The summed E-state index contributed by atoms with van der Waals surface area (Å²) in [5.74, 6) is -2.78. The molecule has 16 heteroatoms. The van der Waals surface area contributed by atoms with Crippen molar-refractivity contribution in [3.63, 3.8) is 0 Å². The largest absolute Gasteiger partial charge is 0.477 e. The van der Waals surface area contributed by atoms with Crippen LogP contribution in [0.1, 0.15) is 5.69 Å². The van der Waals surface area contributed by atoms with Crippen molar-refractivity contribution in [2.75, 3.05) is 17.7 Å². The molecule has 0 radical (unpaired) electrons. The summed E-state index contributed by atoms with van der Waals surface area (Å²) >= 11 is 2.07. The van der Waals surface area contributed by atoms with E-state index in [0.29, 0.717) is 6.41 Å². The lowest BCUT2D eigenvalue weighted by molar-refractivity contribution is -0.174. The molecule has 3 rings (SSSR count). The molecule has 3 N–H and O–H groups in total. The number of nitrogens with zero attached hydrogens (tertiary/aromatic N) is 3. The van der Waals surface area contributed by atoms with Gasteiger partial charge < -0.3 is 20.6 Å². The molecule has 0 aromatic carbocycles. The number of β-lactam (4-membered cyclic amide) rings is 1. The van der Waals surface area contributed by atoms with Crippen LogP contribution in [0.2, 0.25) is 0 Å². The van der Waals surface area contributed by atoms with E-state index in [1.807, 2.05) is 0 Å². The van der Waals surface area contributed by atoms with Crippen molar-refractivity contribution in [2.45, 2.75) is 17.6 Å². The molecule has 1 aromatic heterocycles. The van der Waals surface area contributed by atoms with Gasteiger partial charge in [0.1, 0.15) is 22.8 Å². The predicted molar refractivity (Wildman–Crippen MR) is 101 cm³/mol. The van der Waals surface area contributed by atoms with Crippen molar-refractivity contribution in [2.24, 2.45) is 5.16 Å². The lowest BCUT2D eigenvalue weighted by Crippen LogP contribution is -2.70. The van der Waals surface area contributed by atoms with E-state index in [-0.39, 0.29) is 22.3 Å². The fourth-order valence-electron chi connectivity index (χ4n) is 2.62. The number of rotatable bonds is 8. The number of oxime groups is 1. The summed E-state index contributed by atoms with van der Waals surface area (Å²) in [5.41, 5.74) is -1.06. The van der Waals surface area contributed by atoms with Crippen molar-refractivity contribution in [1.29, 1.82) is 0 Å². The van der Waals surface area contributed by atoms with Gasteiger partial charge in [-0.25, -0.2) is 9.78 Å². The fraction of sp³-hybridized carbons (Fsp3) is 0.333. The molecule has 1 aromatic rings. The zero-order valence-corrected chi connectivity index (χ0v) is 16.7. The first kappa shape index (κ1) is 22.5. The van der Waals surface area contributed by atoms with Gasteiger partial charge in [0.2, 0.25) is 13.0 Å². The molecule has 2 aliphatic rings. The molecule has 1 unspecified atom stereocenters. The summed E-state index contributed by atoms with van der Waals surface area (Å²) in [6.07, 6.45) is -3.04. The second-order valence-electron chi connectivity index (χ2n) is 5.91. The van der Waals surface area contributed by atoms with Gasteiger partial charge in [0.15, 0.2) is 10.8 Å². The fourth-order valence-corrected chi connectivity index (χ4v) is 4.47. The van der Waals surface area contributed by atoms with Crippen LogP contribution in [0.25, 0.3) is 0 Å². The Bertz CT molecular complexity index is 979. The first-order chi connectivity index (χ1) is 14.6. The van der Waals surface area contributed by atoms with Crippen molar-refractivity contribution >= 4 is 58.1 Å². The third kappa shape index (κ3) is 4.96. The minimum absolute atomic E-state index is 0.0475. The van der Waals surface area contributed by atoms with Crippen LogP contribution >= 0.6 is 23.1 Å². The van der Waals surface area contributed by atoms with Gasteiger partial charge in [-0.15, -0.1) is 23.1 Å². The van der Waals surface area contributed by atoms with Gasteiger partial charge in [-0.05, 0) is 6.08 Å². The second kappa shape index (κ2) is 8.93. The maximum Gasteiger partial charge on any atom is 0.425 e. The minimum atomic E-state index is -4.71. The second-order valence-corrected chi connectivity index (χ2v) is 7.91. The van der Waals surface area contributed by atoms with Gasteiger partial charge >= 0.3 is 12.1 Å². The van der Waals surface area contributed by atoms with Gasteiger partial charge in [0.25, 0.3) is 11.8 Å². The van der Waals surface area contributed by atoms with Crippen LogP contribution < -0.4 is 10.6 Å². The molecule has 0 aliphatic carbocycles. The molecule has 0 saturated carbocycles. The van der Waals surface area contributed by atoms with Crippen molar-refractivity contribution in [1.82, 2.24) is 15.2 Å². The Kier molecular flexibility index (Phi) is 6.49. The zero-order chi connectivity index (χ0) is 22.8. The molecule has 1 fully saturated rings. The number of aliphatic carboxylic acids is 1. The highest BCUT2D eigenvalue weighted by Gasteiger charge is 2.53. The summed E-state index contributed by atoms with van der Waals surface area (Å²) in [6, 6.07) is -1.13. The molecule has 0 spiro atoms. The average molecular weight is 479 g/mol. The first-order valence-corrected chi connectivity index (χ1v) is 10.2. The predicted octanol–water partition coefficient (Wildman–Crippen LogP) is 0.363. The van der Waals surface area contributed by atoms with E-state index < -0.39 is 47.7 Å². The number of carboxylic acids is 1. The normalized spacial score (nSPS) is 20.9. The Morgan fingerprint density at radius 3 is 2.84 bits per heavy atom. The number of anilines is 1. The van der Waals surface area contributed by atoms with E-state index in [0.717, 1.165) is 16.2 Å². The molecule has 166 valence electrons. The van der Waals surface area contributed by atoms with Crippen LogP contribution in [-0.2, 0) is 24.0 Å². The SMILES string of the molecule is O=CNc1nc(C(=NOCC(F)(F)F)C(=O)NC2C(=O)N3C(C(=O)O)=CCS[C@H]23)cs1. The number of halogens is 3. The van der Waals surface area contributed by atoms with E-state index in [2.05, 4.69) is 25.6 Å². The summed E-state index contributed by atoms with van der Waals surface area (Å²) < 4.78 is 37.1. The third-order valence-corrected chi connectivity index (χ3v) is 5.84. The van der Waals surface area contributed by atoms with Gasteiger partial charge in [-0.2, -0.15) is 13.2 Å².